The van der Waals surface area contributed by atoms with Gasteiger partial charge in [-0.05, 0) is 6.07 Å². The van der Waals surface area contributed by atoms with E-state index in [4.69, 9.17) is 10.5 Å². The van der Waals surface area contributed by atoms with Crippen molar-refractivity contribution in [2.45, 2.75) is 6.18 Å². The van der Waals surface area contributed by atoms with Crippen LogP contribution in [0, 0.1) is 5.92 Å². The molecule has 9 nitrogen and oxygen atoms in total. The number of hydrogen-bond donors (Lipinski definition) is 1. The molecule has 0 bridgehead atoms. The highest BCUT2D eigenvalue weighted by Gasteiger charge is 2.33. The summed E-state index contributed by atoms with van der Waals surface area (Å²) < 4.78 is 45.7. The number of imidazole rings is 1. The number of carbonyl (C=O) groups is 1. The monoisotopic (exact) mass is 407 g/mol. The van der Waals surface area contributed by atoms with E-state index < -0.39 is 23.7 Å². The van der Waals surface area contributed by atoms with Gasteiger partial charge in [0, 0.05) is 25.5 Å². The number of halogens is 3. The first-order valence-electron chi connectivity index (χ1n) is 8.68. The molecule has 1 atom stereocenters. The van der Waals surface area contributed by atoms with E-state index in [1.165, 1.54) is 16.8 Å². The average Bonchev–Trinajstić information content (AvgIpc) is 2.94. The van der Waals surface area contributed by atoms with Crippen LogP contribution < -0.4 is 10.6 Å². The number of nitrogens with two attached hydrogens (primary N) is 1. The molecule has 3 aromatic heterocycles. The molecule has 2 N–H and O–H groups in total. The number of primary amides is 1. The molecular weight excluding hydrogens is 391 g/mol. The molecule has 1 aliphatic heterocycles. The molecule has 0 aromatic carbocycles. The molecule has 1 aliphatic rings. The van der Waals surface area contributed by atoms with Gasteiger partial charge in [0.2, 0.25) is 5.91 Å². The lowest BCUT2D eigenvalue weighted by Gasteiger charge is -2.23. The van der Waals surface area contributed by atoms with Crippen molar-refractivity contribution < 1.29 is 22.7 Å². The maximum absolute atomic E-state index is 13.0. The maximum Gasteiger partial charge on any atom is 0.434 e. The molecule has 1 unspecified atom stereocenters. The predicted molar refractivity (Wildman–Crippen MR) is 94.7 cm³/mol. The summed E-state index contributed by atoms with van der Waals surface area (Å²) in [4.78, 5) is 29.5. The second kappa shape index (κ2) is 7.28. The lowest BCUT2D eigenvalue weighted by Crippen LogP contribution is -2.37. The lowest BCUT2D eigenvalue weighted by atomic mass is 10.1. The number of nitrogens with zero attached hydrogens (tertiary/aromatic N) is 6. The third-order valence-electron chi connectivity index (χ3n) is 4.55. The molecule has 152 valence electrons. The van der Waals surface area contributed by atoms with Crippen molar-refractivity contribution in [3.8, 4) is 11.5 Å². The Balaban J connectivity index is 1.71. The lowest BCUT2D eigenvalue weighted by molar-refractivity contribution is -0.141. The van der Waals surface area contributed by atoms with Crippen LogP contribution in [0.25, 0.3) is 17.2 Å². The molecule has 4 rings (SSSR count). The maximum atomic E-state index is 13.0. The van der Waals surface area contributed by atoms with Crippen LogP contribution in [0.2, 0.25) is 0 Å². The summed E-state index contributed by atoms with van der Waals surface area (Å²) in [5.74, 6) is -0.269. The van der Waals surface area contributed by atoms with E-state index in [9.17, 15) is 18.0 Å². The van der Waals surface area contributed by atoms with Crippen molar-refractivity contribution >= 4 is 17.4 Å². The highest BCUT2D eigenvalue weighted by atomic mass is 19.4. The van der Waals surface area contributed by atoms with Gasteiger partial charge in [0.15, 0.2) is 17.2 Å². The second-order valence-corrected chi connectivity index (χ2v) is 6.50. The SMILES string of the molecule is NC(=O)C1COCCN(c2ccnc(-c3cnc4cnc(C(F)(F)F)cn34)n2)C1. The van der Waals surface area contributed by atoms with Gasteiger partial charge in [0.25, 0.3) is 0 Å². The Labute approximate surface area is 162 Å². The first-order valence-corrected chi connectivity index (χ1v) is 8.68. The van der Waals surface area contributed by atoms with Crippen LogP contribution in [0.5, 0.6) is 0 Å². The predicted octanol–water partition coefficient (Wildman–Crippen LogP) is 1.14. The van der Waals surface area contributed by atoms with Crippen molar-refractivity contribution in [2.75, 3.05) is 31.2 Å². The molecule has 0 aliphatic carbocycles. The van der Waals surface area contributed by atoms with E-state index in [0.29, 0.717) is 25.5 Å². The van der Waals surface area contributed by atoms with Crippen molar-refractivity contribution in [1.82, 2.24) is 24.3 Å². The number of carbonyl (C=O) groups excluding carboxylic acids is 1. The summed E-state index contributed by atoms with van der Waals surface area (Å²) in [6, 6.07) is 1.65. The number of rotatable bonds is 3. The van der Waals surface area contributed by atoms with Crippen LogP contribution in [0.1, 0.15) is 5.69 Å². The van der Waals surface area contributed by atoms with Gasteiger partial charge in [0.1, 0.15) is 11.5 Å². The Morgan fingerprint density at radius 2 is 2.07 bits per heavy atom. The summed E-state index contributed by atoms with van der Waals surface area (Å²) in [6.45, 7) is 1.42. The van der Waals surface area contributed by atoms with Gasteiger partial charge in [-0.15, -0.1) is 0 Å². The third-order valence-corrected chi connectivity index (χ3v) is 4.55. The number of aromatic nitrogens is 5. The summed E-state index contributed by atoms with van der Waals surface area (Å²) in [6.07, 6.45) is 0.187. The van der Waals surface area contributed by atoms with E-state index in [1.54, 1.807) is 6.07 Å². The van der Waals surface area contributed by atoms with Crippen molar-refractivity contribution in [3.05, 3.63) is 36.5 Å². The number of amides is 1. The van der Waals surface area contributed by atoms with Crippen molar-refractivity contribution in [3.63, 3.8) is 0 Å². The quantitative estimate of drug-likeness (QED) is 0.693. The smallest absolute Gasteiger partial charge is 0.379 e. The molecule has 1 amide bonds. The summed E-state index contributed by atoms with van der Waals surface area (Å²) in [5.41, 5.74) is 4.88. The van der Waals surface area contributed by atoms with E-state index >= 15 is 0 Å². The van der Waals surface area contributed by atoms with Gasteiger partial charge in [-0.3, -0.25) is 9.20 Å². The standard InChI is InChI=1S/C17H16F3N7O2/c18-17(19,20)12-8-27-11(5-24-14(27)6-23-12)16-22-2-1-13(25-16)26-3-4-29-9-10(7-26)15(21)28/h1-2,5-6,8,10H,3-4,7,9H2,(H2,21,28). The molecule has 3 aromatic rings. The summed E-state index contributed by atoms with van der Waals surface area (Å²) in [7, 11) is 0. The van der Waals surface area contributed by atoms with Crippen LogP contribution in [0.3, 0.4) is 0 Å². The van der Waals surface area contributed by atoms with Gasteiger partial charge in [-0.1, -0.05) is 0 Å². The molecular formula is C17H16F3N7O2. The number of ether oxygens (including phenoxy) is 1. The fourth-order valence-electron chi connectivity index (χ4n) is 3.04. The normalized spacial score (nSPS) is 18.0. The zero-order chi connectivity index (χ0) is 20.6. The molecule has 1 fully saturated rings. The van der Waals surface area contributed by atoms with Crippen LogP contribution in [-0.2, 0) is 15.7 Å². The topological polar surface area (TPSA) is 112 Å². The Hall–Kier alpha value is -3.28. The molecule has 1 saturated heterocycles. The van der Waals surface area contributed by atoms with Gasteiger partial charge < -0.3 is 15.4 Å². The molecule has 29 heavy (non-hydrogen) atoms. The molecule has 0 radical (unpaired) electrons. The van der Waals surface area contributed by atoms with Gasteiger partial charge in [-0.2, -0.15) is 13.2 Å². The molecule has 4 heterocycles. The van der Waals surface area contributed by atoms with Crippen LogP contribution >= 0.6 is 0 Å². The Morgan fingerprint density at radius 1 is 1.24 bits per heavy atom. The second-order valence-electron chi connectivity index (χ2n) is 6.50. The molecule has 0 saturated carbocycles. The molecule has 12 heteroatoms. The van der Waals surface area contributed by atoms with Crippen molar-refractivity contribution in [1.29, 1.82) is 0 Å². The molecule has 0 spiro atoms. The number of anilines is 1. The van der Waals surface area contributed by atoms with Gasteiger partial charge >= 0.3 is 6.18 Å². The van der Waals surface area contributed by atoms with Crippen LogP contribution in [-0.4, -0.2) is 56.5 Å². The van der Waals surface area contributed by atoms with Crippen molar-refractivity contribution in [2.24, 2.45) is 11.7 Å². The third kappa shape index (κ3) is 3.83. The number of fused-ring (bicyclic) bond motifs is 1. The first kappa shape index (κ1) is 19.1. The largest absolute Gasteiger partial charge is 0.434 e. The Bertz CT molecular complexity index is 1050. The van der Waals surface area contributed by atoms with E-state index in [0.717, 1.165) is 12.4 Å². The number of alkyl halides is 3. The number of hydrogen-bond acceptors (Lipinski definition) is 7. The highest BCUT2D eigenvalue weighted by molar-refractivity contribution is 5.77. The minimum absolute atomic E-state index is 0.190. The zero-order valence-electron chi connectivity index (χ0n) is 15.0. The van der Waals surface area contributed by atoms with E-state index in [-0.39, 0.29) is 23.8 Å². The Morgan fingerprint density at radius 3 is 2.83 bits per heavy atom. The van der Waals surface area contributed by atoms with Gasteiger partial charge in [-0.25, -0.2) is 19.9 Å². The highest BCUT2D eigenvalue weighted by Crippen LogP contribution is 2.29. The zero-order valence-corrected chi connectivity index (χ0v) is 15.0. The van der Waals surface area contributed by atoms with E-state index in [1.807, 2.05) is 4.90 Å². The Kier molecular flexibility index (Phi) is 4.78. The fraction of sp³-hybridized carbons (Fsp3) is 0.353. The minimum Gasteiger partial charge on any atom is -0.379 e. The van der Waals surface area contributed by atoms with Gasteiger partial charge in [0.05, 0.1) is 31.5 Å². The summed E-state index contributed by atoms with van der Waals surface area (Å²) >= 11 is 0. The minimum atomic E-state index is -4.59. The van der Waals surface area contributed by atoms with Crippen LogP contribution in [0.15, 0.2) is 30.9 Å². The van der Waals surface area contributed by atoms with Crippen LogP contribution in [0.4, 0.5) is 19.0 Å². The van der Waals surface area contributed by atoms with E-state index in [2.05, 4.69) is 19.9 Å². The fourth-order valence-corrected chi connectivity index (χ4v) is 3.04. The first-order chi connectivity index (χ1) is 13.8. The average molecular weight is 407 g/mol. The summed E-state index contributed by atoms with van der Waals surface area (Å²) in [5, 5.41) is 0.